The van der Waals surface area contributed by atoms with E-state index in [0.717, 1.165) is 6.54 Å². The molecule has 1 aromatic rings. The van der Waals surface area contributed by atoms with Crippen LogP contribution in [0.3, 0.4) is 0 Å². The maximum Gasteiger partial charge on any atom is 0.109 e. The highest BCUT2D eigenvalue weighted by Gasteiger charge is 2.05. The third-order valence-electron chi connectivity index (χ3n) is 2.30. The Bertz CT molecular complexity index is 221. The molecule has 0 aliphatic rings. The van der Waals surface area contributed by atoms with Gasteiger partial charge in [0.2, 0.25) is 0 Å². The molecule has 2 nitrogen and oxygen atoms in total. The summed E-state index contributed by atoms with van der Waals surface area (Å²) in [6, 6.07) is 0.414. The lowest BCUT2D eigenvalue weighted by Crippen LogP contribution is -2.19. The first-order valence-electron chi connectivity index (χ1n) is 5.47. The average molecular weight is 212 g/mol. The van der Waals surface area contributed by atoms with Crippen molar-refractivity contribution in [1.82, 2.24) is 10.3 Å². The molecule has 0 amide bonds. The van der Waals surface area contributed by atoms with Gasteiger partial charge in [0.1, 0.15) is 5.01 Å². The molecule has 0 bridgehead atoms. The van der Waals surface area contributed by atoms with Crippen LogP contribution in [0.5, 0.6) is 0 Å². The quantitative estimate of drug-likeness (QED) is 0.701. The van der Waals surface area contributed by atoms with E-state index in [1.807, 2.05) is 11.6 Å². The summed E-state index contributed by atoms with van der Waals surface area (Å²) >= 11 is 1.73. The summed E-state index contributed by atoms with van der Waals surface area (Å²) in [6.07, 6.45) is 7.16. The second-order valence-corrected chi connectivity index (χ2v) is 4.53. The van der Waals surface area contributed by atoms with Gasteiger partial charge in [-0.3, -0.25) is 0 Å². The molecule has 0 aliphatic heterocycles. The second-order valence-electron chi connectivity index (χ2n) is 3.61. The van der Waals surface area contributed by atoms with Crippen molar-refractivity contribution in [2.45, 2.75) is 45.6 Å². The summed E-state index contributed by atoms with van der Waals surface area (Å²) in [6.45, 7) is 5.53. The van der Waals surface area contributed by atoms with Gasteiger partial charge in [0.25, 0.3) is 0 Å². The van der Waals surface area contributed by atoms with E-state index in [1.54, 1.807) is 11.3 Å². The van der Waals surface area contributed by atoms with E-state index in [2.05, 4.69) is 24.1 Å². The third-order valence-corrected chi connectivity index (χ3v) is 3.26. The van der Waals surface area contributed by atoms with E-state index >= 15 is 0 Å². The minimum atomic E-state index is 0.414. The molecule has 1 heterocycles. The number of hydrogen-bond acceptors (Lipinski definition) is 3. The predicted octanol–water partition coefficient (Wildman–Crippen LogP) is 3.37. The second kappa shape index (κ2) is 6.96. The number of nitrogens with zero attached hydrogens (tertiary/aromatic N) is 1. The van der Waals surface area contributed by atoms with Crippen LogP contribution in [0.25, 0.3) is 0 Å². The van der Waals surface area contributed by atoms with Gasteiger partial charge < -0.3 is 5.32 Å². The summed E-state index contributed by atoms with van der Waals surface area (Å²) in [4.78, 5) is 4.29. The Morgan fingerprint density at radius 2 is 2.29 bits per heavy atom. The summed E-state index contributed by atoms with van der Waals surface area (Å²) in [5, 5.41) is 6.72. The first kappa shape index (κ1) is 11.7. The molecule has 0 aromatic carbocycles. The number of hydrogen-bond donors (Lipinski definition) is 1. The molecule has 0 fully saturated rings. The lowest BCUT2D eigenvalue weighted by molar-refractivity contribution is 0.535. The molecular weight excluding hydrogens is 192 g/mol. The minimum absolute atomic E-state index is 0.414. The van der Waals surface area contributed by atoms with Crippen LogP contribution in [-0.2, 0) is 0 Å². The molecule has 0 aliphatic carbocycles. The molecule has 0 spiro atoms. The standard InChI is InChI=1S/C11H20N2S/c1-3-4-5-6-7-12-10(2)11-13-8-9-14-11/h8-10,12H,3-7H2,1-2H3/t10-/m1/s1. The number of unbranched alkanes of at least 4 members (excludes halogenated alkanes) is 3. The maximum absolute atomic E-state index is 4.29. The van der Waals surface area contributed by atoms with Crippen LogP contribution < -0.4 is 5.32 Å². The zero-order valence-corrected chi connectivity index (χ0v) is 9.94. The lowest BCUT2D eigenvalue weighted by atomic mass is 10.2. The van der Waals surface area contributed by atoms with Crippen molar-refractivity contribution in [3.63, 3.8) is 0 Å². The van der Waals surface area contributed by atoms with Crippen LogP contribution in [0.1, 0.15) is 50.6 Å². The fourth-order valence-electron chi connectivity index (χ4n) is 1.41. The Balaban J connectivity index is 2.07. The van der Waals surface area contributed by atoms with Crippen LogP contribution in [-0.4, -0.2) is 11.5 Å². The van der Waals surface area contributed by atoms with Crippen molar-refractivity contribution in [1.29, 1.82) is 0 Å². The van der Waals surface area contributed by atoms with Crippen LogP contribution in [0.15, 0.2) is 11.6 Å². The van der Waals surface area contributed by atoms with E-state index in [9.17, 15) is 0 Å². The maximum atomic E-state index is 4.29. The first-order chi connectivity index (χ1) is 6.84. The highest BCUT2D eigenvalue weighted by atomic mass is 32.1. The molecule has 0 unspecified atom stereocenters. The molecule has 0 saturated carbocycles. The lowest BCUT2D eigenvalue weighted by Gasteiger charge is -2.10. The normalized spacial score (nSPS) is 13.0. The van der Waals surface area contributed by atoms with Gasteiger partial charge in [-0.2, -0.15) is 0 Å². The van der Waals surface area contributed by atoms with Crippen LogP contribution in [0.4, 0.5) is 0 Å². The van der Waals surface area contributed by atoms with Crippen molar-refractivity contribution in [2.75, 3.05) is 6.54 Å². The SMILES string of the molecule is CCCCCCN[C@H](C)c1nccs1. The highest BCUT2D eigenvalue weighted by Crippen LogP contribution is 2.14. The van der Waals surface area contributed by atoms with E-state index in [0.29, 0.717) is 6.04 Å². The predicted molar refractivity (Wildman–Crippen MR) is 62.7 cm³/mol. The molecule has 3 heteroatoms. The van der Waals surface area contributed by atoms with Gasteiger partial charge in [-0.1, -0.05) is 26.2 Å². The van der Waals surface area contributed by atoms with Gasteiger partial charge in [0.15, 0.2) is 0 Å². The minimum Gasteiger partial charge on any atom is -0.308 e. The highest BCUT2D eigenvalue weighted by molar-refractivity contribution is 7.09. The Hall–Kier alpha value is -0.410. The van der Waals surface area contributed by atoms with Gasteiger partial charge >= 0.3 is 0 Å². The van der Waals surface area contributed by atoms with Gasteiger partial charge in [-0.15, -0.1) is 11.3 Å². The van der Waals surface area contributed by atoms with E-state index < -0.39 is 0 Å². The average Bonchev–Trinajstić information content (AvgIpc) is 2.70. The van der Waals surface area contributed by atoms with Crippen molar-refractivity contribution >= 4 is 11.3 Å². The van der Waals surface area contributed by atoms with E-state index in [4.69, 9.17) is 0 Å². The van der Waals surface area contributed by atoms with Crippen molar-refractivity contribution in [3.8, 4) is 0 Å². The number of aromatic nitrogens is 1. The van der Waals surface area contributed by atoms with Crippen molar-refractivity contribution in [3.05, 3.63) is 16.6 Å². The summed E-state index contributed by atoms with van der Waals surface area (Å²) < 4.78 is 0. The van der Waals surface area contributed by atoms with E-state index in [1.165, 1.54) is 30.7 Å². The molecular formula is C11H20N2S. The summed E-state index contributed by atoms with van der Waals surface area (Å²) in [5.41, 5.74) is 0. The Labute approximate surface area is 90.8 Å². The third kappa shape index (κ3) is 4.20. The summed E-state index contributed by atoms with van der Waals surface area (Å²) in [7, 11) is 0. The number of nitrogens with one attached hydrogen (secondary N) is 1. The molecule has 1 aromatic heterocycles. The van der Waals surface area contributed by atoms with Crippen LogP contribution in [0, 0.1) is 0 Å². The zero-order chi connectivity index (χ0) is 10.2. The zero-order valence-electron chi connectivity index (χ0n) is 9.12. The topological polar surface area (TPSA) is 24.9 Å². The fourth-order valence-corrected chi connectivity index (χ4v) is 2.08. The Kier molecular flexibility index (Phi) is 5.80. The van der Waals surface area contributed by atoms with Gasteiger partial charge in [0.05, 0.1) is 6.04 Å². The molecule has 14 heavy (non-hydrogen) atoms. The van der Waals surface area contributed by atoms with Gasteiger partial charge in [-0.05, 0) is 19.9 Å². The molecule has 0 radical (unpaired) electrons. The Morgan fingerprint density at radius 1 is 1.43 bits per heavy atom. The fraction of sp³-hybridized carbons (Fsp3) is 0.727. The van der Waals surface area contributed by atoms with Crippen LogP contribution >= 0.6 is 11.3 Å². The Morgan fingerprint density at radius 3 is 2.93 bits per heavy atom. The smallest absolute Gasteiger partial charge is 0.109 e. The number of rotatable bonds is 7. The van der Waals surface area contributed by atoms with Crippen molar-refractivity contribution in [2.24, 2.45) is 0 Å². The monoisotopic (exact) mass is 212 g/mol. The molecule has 1 rings (SSSR count). The van der Waals surface area contributed by atoms with Crippen molar-refractivity contribution < 1.29 is 0 Å². The van der Waals surface area contributed by atoms with Gasteiger partial charge in [0, 0.05) is 11.6 Å². The first-order valence-corrected chi connectivity index (χ1v) is 6.35. The molecule has 1 atom stereocenters. The van der Waals surface area contributed by atoms with E-state index in [-0.39, 0.29) is 0 Å². The molecule has 80 valence electrons. The number of thiazole rings is 1. The van der Waals surface area contributed by atoms with Gasteiger partial charge in [-0.25, -0.2) is 4.98 Å². The van der Waals surface area contributed by atoms with Crippen LogP contribution in [0.2, 0.25) is 0 Å². The largest absolute Gasteiger partial charge is 0.308 e. The molecule has 1 N–H and O–H groups in total. The summed E-state index contributed by atoms with van der Waals surface area (Å²) in [5.74, 6) is 0. The molecule has 0 saturated heterocycles.